The van der Waals surface area contributed by atoms with Crippen LogP contribution in [0.25, 0.3) is 17.1 Å². The summed E-state index contributed by atoms with van der Waals surface area (Å²) in [5.74, 6) is 1.09. The minimum absolute atomic E-state index is 0.110. The molecule has 0 bridgehead atoms. The van der Waals surface area contributed by atoms with Crippen molar-refractivity contribution in [2.24, 2.45) is 0 Å². The summed E-state index contributed by atoms with van der Waals surface area (Å²) in [5.41, 5.74) is 3.01. The molecule has 1 saturated heterocycles. The summed E-state index contributed by atoms with van der Waals surface area (Å²) in [5, 5.41) is 0.277. The van der Waals surface area contributed by atoms with Crippen molar-refractivity contribution in [3.8, 4) is 0 Å². The summed E-state index contributed by atoms with van der Waals surface area (Å²) in [7, 11) is -8.54. The Kier molecular flexibility index (Phi) is 9.93. The van der Waals surface area contributed by atoms with Gasteiger partial charge in [-0.25, -0.2) is 13.6 Å². The van der Waals surface area contributed by atoms with Crippen LogP contribution < -0.4 is 14.0 Å². The first-order valence-corrected chi connectivity index (χ1v) is 19.1. The summed E-state index contributed by atoms with van der Waals surface area (Å²) >= 11 is 25.7. The van der Waals surface area contributed by atoms with Gasteiger partial charge in [-0.05, 0) is 38.8 Å². The first-order chi connectivity index (χ1) is 21.1. The summed E-state index contributed by atoms with van der Waals surface area (Å²) < 4.78 is 71.8. The first-order valence-electron chi connectivity index (χ1n) is 14.5. The highest BCUT2D eigenvalue weighted by molar-refractivity contribution is 7.86. The smallest absolute Gasteiger partial charge is 0.292 e. The van der Waals surface area contributed by atoms with Gasteiger partial charge in [0.05, 0.1) is 45.5 Å². The Morgan fingerprint density at radius 2 is 1.62 bits per heavy atom. The Morgan fingerprint density at radius 1 is 0.956 bits per heavy atom. The molecule has 2 aromatic carbocycles. The van der Waals surface area contributed by atoms with Gasteiger partial charge in [0.25, 0.3) is 15.9 Å². The third-order valence-corrected chi connectivity index (χ3v) is 12.1. The number of aryl methyl sites for hydroxylation is 2. The number of halogens is 4. The summed E-state index contributed by atoms with van der Waals surface area (Å²) in [6, 6.07) is 6.98. The van der Waals surface area contributed by atoms with Crippen molar-refractivity contribution < 1.29 is 30.5 Å². The summed E-state index contributed by atoms with van der Waals surface area (Å²) in [4.78, 5) is 1.99. The molecule has 0 aliphatic carbocycles. The van der Waals surface area contributed by atoms with Gasteiger partial charge in [-0.2, -0.15) is 16.8 Å². The van der Waals surface area contributed by atoms with E-state index in [0.29, 0.717) is 70.6 Å². The second-order valence-corrected chi connectivity index (χ2v) is 15.9. The van der Waals surface area contributed by atoms with E-state index >= 15 is 0 Å². The quantitative estimate of drug-likeness (QED) is 0.100. The predicted molar refractivity (Wildman–Crippen MR) is 181 cm³/mol. The van der Waals surface area contributed by atoms with E-state index in [1.54, 1.807) is 24.3 Å². The number of allylic oxidation sites excluding steroid dienone is 2. The van der Waals surface area contributed by atoms with Gasteiger partial charge in [-0.3, -0.25) is 14.0 Å². The third-order valence-electron chi connectivity index (χ3n) is 8.53. The van der Waals surface area contributed by atoms with Crippen molar-refractivity contribution in [1.82, 2.24) is 9.05 Å². The normalized spacial score (nSPS) is 21.3. The van der Waals surface area contributed by atoms with Crippen LogP contribution in [0.1, 0.15) is 45.4 Å². The fraction of sp³-hybridized carbons (Fsp3) is 0.414. The molecular weight excluding hydrogens is 706 g/mol. The number of benzene rings is 2. The molecule has 2 N–H and O–H groups in total. The minimum Gasteiger partial charge on any atom is -0.292 e. The molecule has 3 heterocycles. The molecule has 0 amide bonds. The molecule has 2 aliphatic heterocycles. The largest absolute Gasteiger partial charge is 0.320 e. The Bertz CT molecular complexity index is 1950. The summed E-state index contributed by atoms with van der Waals surface area (Å²) in [6.07, 6.45) is 7.15. The lowest BCUT2D eigenvalue weighted by molar-refractivity contribution is -0.674. The standard InChI is InChI=1S/C29H32Cl4N4O6S2/c1-3-34-23-15-19(30)20(31)16-24(23)36(12-5-6-14-44(38,39)40)27(34)9-7-10-28-35(4-2)25-17-21(32)22(33)18-26(25)37(28)13-8-11-29(37)45(41,42)43/h7,9-10,15-18,29H,3-6,8,11-14H2,1-2H3/p+2. The Labute approximate surface area is 283 Å². The van der Waals surface area contributed by atoms with Gasteiger partial charge in [0.15, 0.2) is 16.7 Å². The predicted octanol–water partition coefficient (Wildman–Crippen LogP) is 6.94. The number of hydrogen-bond donors (Lipinski definition) is 2. The van der Waals surface area contributed by atoms with Crippen LogP contribution in [0, 0.1) is 0 Å². The number of anilines is 1. The van der Waals surface area contributed by atoms with Crippen molar-refractivity contribution in [1.29, 1.82) is 0 Å². The maximum atomic E-state index is 12.8. The Hall–Kier alpha value is -1.87. The van der Waals surface area contributed by atoms with Gasteiger partial charge < -0.3 is 0 Å². The highest BCUT2D eigenvalue weighted by Gasteiger charge is 2.59. The van der Waals surface area contributed by atoms with Crippen molar-refractivity contribution in [3.05, 3.63) is 68.2 Å². The number of fused-ring (bicyclic) bond motifs is 3. The van der Waals surface area contributed by atoms with Crippen molar-refractivity contribution in [2.75, 3.05) is 23.7 Å². The van der Waals surface area contributed by atoms with Crippen LogP contribution in [0.3, 0.4) is 0 Å². The number of aromatic nitrogens is 2. The molecule has 2 atom stereocenters. The highest BCUT2D eigenvalue weighted by atomic mass is 35.5. The second kappa shape index (κ2) is 13.0. The minimum atomic E-state index is -4.46. The molecule has 2 unspecified atom stereocenters. The maximum absolute atomic E-state index is 12.8. The van der Waals surface area contributed by atoms with Crippen LogP contribution in [0.4, 0.5) is 11.4 Å². The molecule has 1 spiro atoms. The van der Waals surface area contributed by atoms with Gasteiger partial charge in [0.2, 0.25) is 11.2 Å². The van der Waals surface area contributed by atoms with E-state index in [9.17, 15) is 25.9 Å². The topological polar surface area (TPSA) is 121 Å². The van der Waals surface area contributed by atoms with Gasteiger partial charge in [-0.1, -0.05) is 46.4 Å². The first kappa shape index (κ1) is 34.5. The van der Waals surface area contributed by atoms with E-state index in [1.807, 2.05) is 41.5 Å². The molecule has 244 valence electrons. The lowest BCUT2D eigenvalue weighted by Crippen LogP contribution is -2.55. The molecule has 1 aromatic heterocycles. The van der Waals surface area contributed by atoms with Gasteiger partial charge >= 0.3 is 10.1 Å². The van der Waals surface area contributed by atoms with E-state index in [1.165, 1.54) is 0 Å². The number of hydrogen-bond acceptors (Lipinski definition) is 5. The summed E-state index contributed by atoms with van der Waals surface area (Å²) in [6.45, 7) is 5.89. The molecule has 0 saturated carbocycles. The van der Waals surface area contributed by atoms with Crippen LogP contribution in [0.15, 0.2) is 42.2 Å². The van der Waals surface area contributed by atoms with Crippen LogP contribution in [-0.4, -0.2) is 54.7 Å². The van der Waals surface area contributed by atoms with Crippen LogP contribution in [0.2, 0.25) is 20.1 Å². The number of imidazole rings is 1. The lowest BCUT2D eigenvalue weighted by atomic mass is 10.2. The molecule has 45 heavy (non-hydrogen) atoms. The van der Waals surface area contributed by atoms with E-state index in [2.05, 4.69) is 4.57 Å². The molecule has 1 fully saturated rings. The zero-order chi connectivity index (χ0) is 32.9. The number of unbranched alkanes of at least 4 members (excludes halogenated alkanes) is 1. The van der Waals surface area contributed by atoms with Gasteiger partial charge in [-0.15, -0.1) is 0 Å². The second-order valence-electron chi connectivity index (χ2n) is 11.1. The number of quaternary nitrogens is 1. The average molecular weight is 741 g/mol. The third kappa shape index (κ3) is 6.38. The zero-order valence-electron chi connectivity index (χ0n) is 24.6. The van der Waals surface area contributed by atoms with Gasteiger partial charge in [0.1, 0.15) is 5.69 Å². The Morgan fingerprint density at radius 3 is 2.27 bits per heavy atom. The maximum Gasteiger partial charge on any atom is 0.320 e. The fourth-order valence-electron chi connectivity index (χ4n) is 6.75. The lowest BCUT2D eigenvalue weighted by Gasteiger charge is -2.35. The molecular formula is C29H34Cl4N4O6S2+2. The van der Waals surface area contributed by atoms with Crippen molar-refractivity contribution >= 4 is 95.1 Å². The molecule has 0 radical (unpaired) electrons. The highest BCUT2D eigenvalue weighted by Crippen LogP contribution is 2.55. The van der Waals surface area contributed by atoms with Crippen LogP contribution in [-0.2, 0) is 33.3 Å². The fourth-order valence-corrected chi connectivity index (χ4v) is 9.19. The van der Waals surface area contributed by atoms with E-state index in [0.717, 1.165) is 22.5 Å². The zero-order valence-corrected chi connectivity index (χ0v) is 29.3. The Balaban J connectivity index is 1.66. The van der Waals surface area contributed by atoms with Gasteiger partial charge in [0, 0.05) is 49.7 Å². The number of rotatable bonds is 10. The SMILES string of the molecule is CCN1C(=CC=Cc2n(CC)c3cc(Cl)c(Cl)cc3[n+]2CCCCS(=O)(=O)O)[N+]2(CCCC2S(=O)(=O)O)c2cc(Cl)c(Cl)cc21. The van der Waals surface area contributed by atoms with Crippen molar-refractivity contribution in [2.45, 2.75) is 58.0 Å². The average Bonchev–Trinajstić information content (AvgIpc) is 3.59. The van der Waals surface area contributed by atoms with E-state index in [4.69, 9.17) is 46.4 Å². The molecule has 5 rings (SSSR count). The van der Waals surface area contributed by atoms with E-state index < -0.39 is 25.6 Å². The molecule has 10 nitrogen and oxygen atoms in total. The molecule has 3 aromatic rings. The van der Waals surface area contributed by atoms with E-state index in [-0.39, 0.29) is 23.1 Å². The van der Waals surface area contributed by atoms with Crippen LogP contribution >= 0.6 is 46.4 Å². The monoisotopic (exact) mass is 738 g/mol. The molecule has 2 aliphatic rings. The molecule has 16 heteroatoms. The van der Waals surface area contributed by atoms with Crippen LogP contribution in [0.5, 0.6) is 0 Å². The number of nitrogens with zero attached hydrogens (tertiary/aromatic N) is 4. The van der Waals surface area contributed by atoms with Crippen molar-refractivity contribution in [3.63, 3.8) is 0 Å².